The molecule has 2 spiro atoms. The largest absolute Gasteiger partial charge is 0.375 e. The van der Waals surface area contributed by atoms with Crippen molar-refractivity contribution in [2.24, 2.45) is 5.41 Å². The predicted octanol–water partition coefficient (Wildman–Crippen LogP) is 4.37. The average molecular weight is 469 g/mol. The molecule has 1 N–H and O–H groups in total. The normalized spacial score (nSPS) is 29.2. The Morgan fingerprint density at radius 2 is 1.74 bits per heavy atom. The molecule has 3 heterocycles. The first-order chi connectivity index (χ1) is 17.0. The molecular weight excluding hydrogens is 443 g/mol. The monoisotopic (exact) mass is 468 g/mol. The van der Waals surface area contributed by atoms with E-state index in [1.165, 1.54) is 12.1 Å². The predicted molar refractivity (Wildman–Crippen MR) is 131 cm³/mol. The van der Waals surface area contributed by atoms with Gasteiger partial charge in [-0.25, -0.2) is 4.39 Å². The zero-order chi connectivity index (χ0) is 24.2. The van der Waals surface area contributed by atoms with Crippen molar-refractivity contribution in [1.82, 2.24) is 4.90 Å². The fourth-order valence-electron chi connectivity index (χ4n) is 6.44. The van der Waals surface area contributed by atoms with Gasteiger partial charge >= 0.3 is 0 Å². The molecule has 6 rings (SSSR count). The van der Waals surface area contributed by atoms with Gasteiger partial charge in [0.1, 0.15) is 11.4 Å². The molecule has 3 aromatic rings. The van der Waals surface area contributed by atoms with Crippen molar-refractivity contribution in [1.29, 1.82) is 0 Å². The summed E-state index contributed by atoms with van der Waals surface area (Å²) in [6.45, 7) is 0.667. The van der Waals surface area contributed by atoms with E-state index in [0.717, 1.165) is 11.1 Å². The zero-order valence-electron chi connectivity index (χ0n) is 19.3. The summed E-state index contributed by atoms with van der Waals surface area (Å²) in [4.78, 5) is 30.5. The molecule has 0 aliphatic carbocycles. The van der Waals surface area contributed by atoms with Gasteiger partial charge < -0.3 is 10.1 Å². The van der Waals surface area contributed by atoms with E-state index in [4.69, 9.17) is 4.74 Å². The lowest BCUT2D eigenvalue weighted by molar-refractivity contribution is -0.152. The summed E-state index contributed by atoms with van der Waals surface area (Å²) >= 11 is 0. The molecule has 0 bridgehead atoms. The van der Waals surface area contributed by atoms with E-state index in [1.807, 2.05) is 78.7 Å². The van der Waals surface area contributed by atoms with Crippen LogP contribution in [0.4, 0.5) is 10.1 Å². The Morgan fingerprint density at radius 1 is 1.03 bits per heavy atom. The molecule has 6 heteroatoms. The van der Waals surface area contributed by atoms with Crippen LogP contribution < -0.4 is 5.32 Å². The van der Waals surface area contributed by atoms with E-state index in [-0.39, 0.29) is 30.8 Å². The number of anilines is 1. The van der Waals surface area contributed by atoms with Crippen LogP contribution >= 0.6 is 0 Å². The summed E-state index contributed by atoms with van der Waals surface area (Å²) in [5, 5.41) is 2.94. The van der Waals surface area contributed by atoms with Gasteiger partial charge in [-0.05, 0) is 42.4 Å². The van der Waals surface area contributed by atoms with Gasteiger partial charge in [-0.3, -0.25) is 14.5 Å². The van der Waals surface area contributed by atoms with Crippen LogP contribution in [0.5, 0.6) is 0 Å². The molecule has 35 heavy (non-hydrogen) atoms. The number of carbonyl (C=O) groups excluding carboxylic acids is 2. The topological polar surface area (TPSA) is 58.6 Å². The summed E-state index contributed by atoms with van der Waals surface area (Å²) in [6.07, 6.45) is 1.84. The first-order valence-electron chi connectivity index (χ1n) is 11.7. The third-order valence-electron chi connectivity index (χ3n) is 7.84. The smallest absolute Gasteiger partial charge is 0.250 e. The SMILES string of the molecule is CN1C[C@H](c2ccccc2)[C@]2(COC/C(=C\c3ccccc3)C2=O)[C@]12C(=O)Nc1ccc(F)cc12. The van der Waals surface area contributed by atoms with E-state index in [1.54, 1.807) is 6.07 Å². The van der Waals surface area contributed by atoms with Crippen LogP contribution in [0.2, 0.25) is 0 Å². The van der Waals surface area contributed by atoms with E-state index < -0.39 is 16.8 Å². The van der Waals surface area contributed by atoms with Crippen LogP contribution in [0.15, 0.2) is 84.4 Å². The molecule has 2 saturated heterocycles. The number of hydrogen-bond donors (Lipinski definition) is 1. The molecule has 2 fully saturated rings. The minimum absolute atomic E-state index is 0.0608. The zero-order valence-corrected chi connectivity index (χ0v) is 19.3. The van der Waals surface area contributed by atoms with E-state index >= 15 is 0 Å². The number of nitrogens with zero attached hydrogens (tertiary/aromatic N) is 1. The van der Waals surface area contributed by atoms with Crippen LogP contribution in [0.1, 0.15) is 22.6 Å². The molecule has 176 valence electrons. The van der Waals surface area contributed by atoms with Crippen molar-refractivity contribution in [3.63, 3.8) is 0 Å². The summed E-state index contributed by atoms with van der Waals surface area (Å²) in [5.74, 6) is -1.23. The molecule has 3 aliphatic rings. The molecule has 3 aromatic carbocycles. The van der Waals surface area contributed by atoms with Crippen molar-refractivity contribution >= 4 is 23.5 Å². The first kappa shape index (κ1) is 21.9. The highest BCUT2D eigenvalue weighted by atomic mass is 19.1. The maximum Gasteiger partial charge on any atom is 0.250 e. The summed E-state index contributed by atoms with van der Waals surface area (Å²) in [6, 6.07) is 23.7. The maximum absolute atomic E-state index is 14.6. The van der Waals surface area contributed by atoms with Crippen LogP contribution in [0.3, 0.4) is 0 Å². The standard InChI is InChI=1S/C29H25FN2O3/c1-32-16-24(20-10-6-3-7-11-20)28(29(32)23-15-22(30)12-13-25(23)31-27(29)34)18-35-17-21(26(28)33)14-19-8-4-2-5-9-19/h2-15,24H,16-18H2,1H3,(H,31,34)/b21-14+/t24-,28+,29+/m1/s1. The molecular formula is C29H25FN2O3. The van der Waals surface area contributed by atoms with Crippen LogP contribution in [-0.4, -0.2) is 43.4 Å². The number of benzene rings is 3. The van der Waals surface area contributed by atoms with Gasteiger partial charge in [-0.1, -0.05) is 60.7 Å². The number of ether oxygens (including phenoxy) is 1. The van der Waals surface area contributed by atoms with Gasteiger partial charge in [-0.2, -0.15) is 0 Å². The second-order valence-corrected chi connectivity index (χ2v) is 9.57. The van der Waals surface area contributed by atoms with Gasteiger partial charge in [0.15, 0.2) is 5.78 Å². The number of carbonyl (C=O) groups is 2. The van der Waals surface area contributed by atoms with E-state index in [9.17, 15) is 14.0 Å². The van der Waals surface area contributed by atoms with Gasteiger partial charge in [0, 0.05) is 29.3 Å². The lowest BCUT2D eigenvalue weighted by Crippen LogP contribution is -2.62. The Morgan fingerprint density at radius 3 is 2.49 bits per heavy atom. The lowest BCUT2D eigenvalue weighted by Gasteiger charge is -2.48. The van der Waals surface area contributed by atoms with Crippen molar-refractivity contribution in [2.45, 2.75) is 11.5 Å². The summed E-state index contributed by atoms with van der Waals surface area (Å²) in [5.41, 5.74) is 0.686. The third-order valence-corrected chi connectivity index (χ3v) is 7.84. The minimum atomic E-state index is -1.40. The number of hydrogen-bond acceptors (Lipinski definition) is 4. The van der Waals surface area contributed by atoms with Crippen molar-refractivity contribution in [3.8, 4) is 0 Å². The fourth-order valence-corrected chi connectivity index (χ4v) is 6.44. The molecule has 5 nitrogen and oxygen atoms in total. The molecule has 0 radical (unpaired) electrons. The second-order valence-electron chi connectivity index (χ2n) is 9.57. The third kappa shape index (κ3) is 2.93. The lowest BCUT2D eigenvalue weighted by atomic mass is 9.57. The van der Waals surface area contributed by atoms with Gasteiger partial charge in [-0.15, -0.1) is 0 Å². The van der Waals surface area contributed by atoms with Gasteiger partial charge in [0.25, 0.3) is 5.91 Å². The number of nitrogens with one attached hydrogen (secondary N) is 1. The van der Waals surface area contributed by atoms with Crippen molar-refractivity contribution < 1.29 is 18.7 Å². The Labute approximate surface area is 203 Å². The number of Topliss-reactive ketones (excluding diaryl/α,β-unsaturated/α-hetero) is 1. The number of amides is 1. The molecule has 0 aromatic heterocycles. The number of fused-ring (bicyclic) bond motifs is 3. The van der Waals surface area contributed by atoms with E-state index in [2.05, 4.69) is 5.32 Å². The van der Waals surface area contributed by atoms with Crippen LogP contribution in [0.25, 0.3) is 6.08 Å². The highest BCUT2D eigenvalue weighted by molar-refractivity contribution is 6.15. The number of ketones is 1. The Kier molecular flexibility index (Phi) is 4.99. The van der Waals surface area contributed by atoms with Gasteiger partial charge in [0.05, 0.1) is 18.6 Å². The van der Waals surface area contributed by atoms with E-state index in [0.29, 0.717) is 23.4 Å². The Bertz CT molecular complexity index is 1360. The van der Waals surface area contributed by atoms with Gasteiger partial charge in [0.2, 0.25) is 0 Å². The van der Waals surface area contributed by atoms with Crippen LogP contribution in [0, 0.1) is 11.2 Å². The Hall–Kier alpha value is -3.61. The fraction of sp³-hybridized carbons (Fsp3) is 0.241. The minimum Gasteiger partial charge on any atom is -0.375 e. The average Bonchev–Trinajstić information content (AvgIpc) is 3.31. The maximum atomic E-state index is 14.6. The first-order valence-corrected chi connectivity index (χ1v) is 11.7. The molecule has 0 saturated carbocycles. The quantitative estimate of drug-likeness (QED) is 0.568. The highest BCUT2D eigenvalue weighted by Gasteiger charge is 2.74. The number of rotatable bonds is 2. The highest BCUT2D eigenvalue weighted by Crippen LogP contribution is 2.64. The summed E-state index contributed by atoms with van der Waals surface area (Å²) < 4.78 is 20.8. The van der Waals surface area contributed by atoms with Crippen molar-refractivity contribution in [3.05, 3.63) is 107 Å². The summed E-state index contributed by atoms with van der Waals surface area (Å²) in [7, 11) is 1.84. The molecule has 0 unspecified atom stereocenters. The molecule has 1 amide bonds. The Balaban J connectivity index is 1.62. The molecule has 3 atom stereocenters. The van der Waals surface area contributed by atoms with Crippen LogP contribution in [-0.2, 0) is 19.9 Å². The number of likely N-dealkylation sites (tertiary alicyclic amines) is 1. The van der Waals surface area contributed by atoms with Crippen molar-refractivity contribution in [2.75, 3.05) is 32.1 Å². The number of halogens is 1. The number of likely N-dealkylation sites (N-methyl/N-ethyl adjacent to an activating group) is 1. The molecule has 3 aliphatic heterocycles. The second kappa shape index (κ2) is 7.97.